The number of nitrogens with zero attached hydrogens (tertiary/aromatic N) is 1. The molecule has 0 aliphatic carbocycles. The molecule has 18 heavy (non-hydrogen) atoms. The standard InChI is InChI=1S/C15H18N2O/c1-4-12-6-2-8-17-15(12)13(5-1)10-16-11-14-7-3-9-18-14/h1-2,4-6,8,14,16H,3,7,9-11H2. The normalized spacial score (nSPS) is 19.4. The molecule has 1 aliphatic rings. The molecular formula is C15H18N2O. The summed E-state index contributed by atoms with van der Waals surface area (Å²) >= 11 is 0. The first kappa shape index (κ1) is 11.6. The fourth-order valence-corrected chi connectivity index (χ4v) is 2.48. The Morgan fingerprint density at radius 1 is 1.28 bits per heavy atom. The molecule has 1 N–H and O–H groups in total. The lowest BCUT2D eigenvalue weighted by molar-refractivity contribution is 0.110. The van der Waals surface area contributed by atoms with Crippen LogP contribution in [0.1, 0.15) is 18.4 Å². The third-order valence-electron chi connectivity index (χ3n) is 3.43. The van der Waals surface area contributed by atoms with Gasteiger partial charge in [-0.15, -0.1) is 0 Å². The molecule has 1 atom stereocenters. The number of para-hydroxylation sites is 1. The molecule has 0 amide bonds. The van der Waals surface area contributed by atoms with Crippen LogP contribution in [0.2, 0.25) is 0 Å². The highest BCUT2D eigenvalue weighted by Crippen LogP contribution is 2.16. The Balaban J connectivity index is 1.66. The van der Waals surface area contributed by atoms with Crippen LogP contribution >= 0.6 is 0 Å². The summed E-state index contributed by atoms with van der Waals surface area (Å²) in [5.41, 5.74) is 2.35. The summed E-state index contributed by atoms with van der Waals surface area (Å²) in [5, 5.41) is 4.67. The molecule has 0 saturated carbocycles. The van der Waals surface area contributed by atoms with E-state index in [0.29, 0.717) is 6.10 Å². The van der Waals surface area contributed by atoms with Gasteiger partial charge in [-0.05, 0) is 24.5 Å². The average Bonchev–Trinajstić information content (AvgIpc) is 2.92. The van der Waals surface area contributed by atoms with Crippen molar-refractivity contribution in [2.75, 3.05) is 13.2 Å². The maximum atomic E-state index is 5.60. The van der Waals surface area contributed by atoms with E-state index in [9.17, 15) is 0 Å². The van der Waals surface area contributed by atoms with Crippen molar-refractivity contribution in [1.29, 1.82) is 0 Å². The Morgan fingerprint density at radius 2 is 2.22 bits per heavy atom. The quantitative estimate of drug-likeness (QED) is 0.894. The topological polar surface area (TPSA) is 34.2 Å². The fraction of sp³-hybridized carbons (Fsp3) is 0.400. The molecule has 1 fully saturated rings. The second kappa shape index (κ2) is 5.46. The number of hydrogen-bond donors (Lipinski definition) is 1. The largest absolute Gasteiger partial charge is 0.377 e. The molecule has 1 unspecified atom stereocenters. The van der Waals surface area contributed by atoms with E-state index in [0.717, 1.165) is 25.2 Å². The zero-order valence-electron chi connectivity index (χ0n) is 10.4. The van der Waals surface area contributed by atoms with Crippen molar-refractivity contribution >= 4 is 10.9 Å². The zero-order chi connectivity index (χ0) is 12.2. The third kappa shape index (κ3) is 2.52. The van der Waals surface area contributed by atoms with Crippen molar-refractivity contribution in [2.45, 2.75) is 25.5 Å². The maximum Gasteiger partial charge on any atom is 0.0746 e. The molecule has 3 rings (SSSR count). The number of aromatic nitrogens is 1. The van der Waals surface area contributed by atoms with Gasteiger partial charge in [0, 0.05) is 31.3 Å². The summed E-state index contributed by atoms with van der Waals surface area (Å²) in [6.07, 6.45) is 4.63. The molecule has 1 saturated heterocycles. The van der Waals surface area contributed by atoms with Gasteiger partial charge in [-0.3, -0.25) is 4.98 Å². The second-order valence-corrected chi connectivity index (χ2v) is 4.76. The smallest absolute Gasteiger partial charge is 0.0746 e. The summed E-state index contributed by atoms with van der Waals surface area (Å²) in [5.74, 6) is 0. The summed E-state index contributed by atoms with van der Waals surface area (Å²) in [6, 6.07) is 10.4. The van der Waals surface area contributed by atoms with Crippen LogP contribution in [0.5, 0.6) is 0 Å². The van der Waals surface area contributed by atoms with Gasteiger partial charge in [-0.25, -0.2) is 0 Å². The van der Waals surface area contributed by atoms with E-state index in [1.54, 1.807) is 0 Å². The van der Waals surface area contributed by atoms with Crippen LogP contribution in [-0.4, -0.2) is 24.2 Å². The highest BCUT2D eigenvalue weighted by Gasteiger charge is 2.14. The molecule has 0 bridgehead atoms. The lowest BCUT2D eigenvalue weighted by Crippen LogP contribution is -2.25. The van der Waals surface area contributed by atoms with Gasteiger partial charge < -0.3 is 10.1 Å². The van der Waals surface area contributed by atoms with Crippen LogP contribution < -0.4 is 5.32 Å². The van der Waals surface area contributed by atoms with E-state index in [4.69, 9.17) is 4.74 Å². The summed E-state index contributed by atoms with van der Waals surface area (Å²) in [6.45, 7) is 2.71. The SMILES string of the molecule is c1cnc2c(CNCC3CCCO3)cccc2c1. The fourth-order valence-electron chi connectivity index (χ4n) is 2.48. The predicted molar refractivity (Wildman–Crippen MR) is 72.4 cm³/mol. The van der Waals surface area contributed by atoms with Crippen LogP contribution in [0, 0.1) is 0 Å². The van der Waals surface area contributed by atoms with Crippen LogP contribution in [0.3, 0.4) is 0 Å². The number of nitrogens with one attached hydrogen (secondary N) is 1. The molecule has 3 nitrogen and oxygen atoms in total. The molecule has 94 valence electrons. The number of benzene rings is 1. The molecule has 2 aromatic rings. The van der Waals surface area contributed by atoms with Crippen molar-refractivity contribution in [2.24, 2.45) is 0 Å². The van der Waals surface area contributed by atoms with Crippen LogP contribution in [0.4, 0.5) is 0 Å². The molecule has 0 radical (unpaired) electrons. The lowest BCUT2D eigenvalue weighted by Gasteiger charge is -2.11. The van der Waals surface area contributed by atoms with Gasteiger partial charge in [-0.2, -0.15) is 0 Å². The van der Waals surface area contributed by atoms with E-state index in [1.807, 2.05) is 12.3 Å². The highest BCUT2D eigenvalue weighted by molar-refractivity contribution is 5.81. The summed E-state index contributed by atoms with van der Waals surface area (Å²) in [4.78, 5) is 4.46. The number of ether oxygens (including phenoxy) is 1. The third-order valence-corrected chi connectivity index (χ3v) is 3.43. The Bertz CT molecular complexity index is 515. The first-order valence-electron chi connectivity index (χ1n) is 6.58. The monoisotopic (exact) mass is 242 g/mol. The van der Waals surface area contributed by atoms with Gasteiger partial charge in [0.1, 0.15) is 0 Å². The van der Waals surface area contributed by atoms with E-state index >= 15 is 0 Å². The van der Waals surface area contributed by atoms with Crippen molar-refractivity contribution in [3.05, 3.63) is 42.1 Å². The maximum absolute atomic E-state index is 5.60. The Hall–Kier alpha value is -1.45. The Kier molecular flexibility index (Phi) is 3.53. The van der Waals surface area contributed by atoms with Crippen LogP contribution in [0.25, 0.3) is 10.9 Å². The van der Waals surface area contributed by atoms with Gasteiger partial charge >= 0.3 is 0 Å². The average molecular weight is 242 g/mol. The molecular weight excluding hydrogens is 224 g/mol. The van der Waals surface area contributed by atoms with E-state index in [1.165, 1.54) is 23.8 Å². The molecule has 2 heterocycles. The van der Waals surface area contributed by atoms with Gasteiger partial charge in [0.05, 0.1) is 11.6 Å². The lowest BCUT2D eigenvalue weighted by atomic mass is 10.1. The predicted octanol–water partition coefficient (Wildman–Crippen LogP) is 2.50. The van der Waals surface area contributed by atoms with Crippen molar-refractivity contribution in [1.82, 2.24) is 10.3 Å². The summed E-state index contributed by atoms with van der Waals surface area (Å²) in [7, 11) is 0. The second-order valence-electron chi connectivity index (χ2n) is 4.76. The number of fused-ring (bicyclic) bond motifs is 1. The number of hydrogen-bond acceptors (Lipinski definition) is 3. The Labute approximate surface area is 107 Å². The highest BCUT2D eigenvalue weighted by atomic mass is 16.5. The van der Waals surface area contributed by atoms with Gasteiger partial charge in [-0.1, -0.05) is 24.3 Å². The van der Waals surface area contributed by atoms with Gasteiger partial charge in [0.15, 0.2) is 0 Å². The minimum absolute atomic E-state index is 0.396. The van der Waals surface area contributed by atoms with Gasteiger partial charge in [0.2, 0.25) is 0 Å². The van der Waals surface area contributed by atoms with Crippen molar-refractivity contribution in [3.8, 4) is 0 Å². The van der Waals surface area contributed by atoms with Crippen LogP contribution in [-0.2, 0) is 11.3 Å². The van der Waals surface area contributed by atoms with Crippen molar-refractivity contribution < 1.29 is 4.74 Å². The van der Waals surface area contributed by atoms with Gasteiger partial charge in [0.25, 0.3) is 0 Å². The molecule has 1 aromatic carbocycles. The molecule has 0 spiro atoms. The first-order valence-corrected chi connectivity index (χ1v) is 6.58. The number of pyridine rings is 1. The van der Waals surface area contributed by atoms with E-state index in [2.05, 4.69) is 34.6 Å². The molecule has 1 aliphatic heterocycles. The first-order chi connectivity index (χ1) is 8.93. The summed E-state index contributed by atoms with van der Waals surface area (Å²) < 4.78 is 5.60. The molecule has 1 aromatic heterocycles. The molecule has 3 heteroatoms. The zero-order valence-corrected chi connectivity index (χ0v) is 10.4. The minimum Gasteiger partial charge on any atom is -0.377 e. The van der Waals surface area contributed by atoms with E-state index in [-0.39, 0.29) is 0 Å². The van der Waals surface area contributed by atoms with Crippen molar-refractivity contribution in [3.63, 3.8) is 0 Å². The Morgan fingerprint density at radius 3 is 3.11 bits per heavy atom. The number of rotatable bonds is 4. The van der Waals surface area contributed by atoms with Crippen LogP contribution in [0.15, 0.2) is 36.5 Å². The minimum atomic E-state index is 0.396. The van der Waals surface area contributed by atoms with E-state index < -0.39 is 0 Å².